The number of sulfonamides is 1. The van der Waals surface area contributed by atoms with Crippen LogP contribution < -0.4 is 9.62 Å². The topological polar surface area (TPSA) is 89.9 Å². The molecule has 0 unspecified atom stereocenters. The van der Waals surface area contributed by atoms with E-state index in [0.29, 0.717) is 31.2 Å². The van der Waals surface area contributed by atoms with E-state index in [1.54, 1.807) is 6.07 Å². The lowest BCUT2D eigenvalue weighted by Crippen LogP contribution is -2.57. The molecular formula is C20H23ClFN3O4S. The summed E-state index contributed by atoms with van der Waals surface area (Å²) in [5.74, 6) is -1.09. The van der Waals surface area contributed by atoms with Crippen LogP contribution in [0.5, 0.6) is 0 Å². The number of carbonyl (C=O) groups is 1. The second-order valence-corrected chi connectivity index (χ2v) is 9.24. The van der Waals surface area contributed by atoms with Crippen molar-refractivity contribution in [3.63, 3.8) is 0 Å². The lowest BCUT2D eigenvalue weighted by molar-refractivity contribution is -0.135. The van der Waals surface area contributed by atoms with E-state index >= 15 is 0 Å². The molecule has 1 heterocycles. The lowest BCUT2D eigenvalue weighted by atomic mass is 10.1. The first kappa shape index (κ1) is 22.5. The van der Waals surface area contributed by atoms with Gasteiger partial charge in [0.2, 0.25) is 15.9 Å². The Morgan fingerprint density at radius 2 is 1.77 bits per heavy atom. The molecule has 30 heavy (non-hydrogen) atoms. The number of halogens is 2. The van der Waals surface area contributed by atoms with Gasteiger partial charge in [-0.25, -0.2) is 12.8 Å². The Hall–Kier alpha value is -2.20. The average molecular weight is 456 g/mol. The summed E-state index contributed by atoms with van der Waals surface area (Å²) in [5.41, 5.74) is 0.943. The fourth-order valence-electron chi connectivity index (χ4n) is 3.26. The Morgan fingerprint density at radius 3 is 2.33 bits per heavy atom. The largest absolute Gasteiger partial charge is 0.391 e. The van der Waals surface area contributed by atoms with E-state index in [1.165, 1.54) is 11.8 Å². The van der Waals surface area contributed by atoms with Crippen molar-refractivity contribution in [2.24, 2.45) is 0 Å². The summed E-state index contributed by atoms with van der Waals surface area (Å²) in [5, 5.41) is 10.7. The number of benzene rings is 2. The fourth-order valence-corrected chi connectivity index (χ4v) is 4.71. The summed E-state index contributed by atoms with van der Waals surface area (Å²) in [4.78, 5) is 16.4. The molecule has 0 aromatic heterocycles. The molecule has 0 aliphatic carbocycles. The maximum atomic E-state index is 13.1. The number of nitrogens with zero attached hydrogens (tertiary/aromatic N) is 2. The Bertz CT molecular complexity index is 993. The van der Waals surface area contributed by atoms with Crippen molar-refractivity contribution in [3.05, 3.63) is 59.4 Å². The van der Waals surface area contributed by atoms with Crippen molar-refractivity contribution in [1.82, 2.24) is 9.62 Å². The van der Waals surface area contributed by atoms with Crippen molar-refractivity contribution in [3.8, 4) is 0 Å². The van der Waals surface area contributed by atoms with Crippen molar-refractivity contribution in [1.29, 1.82) is 0 Å². The number of carbonyl (C=O) groups excluding carboxylic acids is 1. The first-order valence-corrected chi connectivity index (χ1v) is 11.3. The number of rotatable bonds is 6. The summed E-state index contributed by atoms with van der Waals surface area (Å²) in [6.07, 6.45) is -1.25. The van der Waals surface area contributed by atoms with Crippen LogP contribution in [-0.4, -0.2) is 62.7 Å². The fraction of sp³-hybridized carbons (Fsp3) is 0.350. The van der Waals surface area contributed by atoms with Crippen LogP contribution in [0, 0.1) is 5.82 Å². The summed E-state index contributed by atoms with van der Waals surface area (Å²) in [7, 11) is -4.11. The predicted molar refractivity (Wildman–Crippen MR) is 112 cm³/mol. The van der Waals surface area contributed by atoms with Crippen LogP contribution in [0.15, 0.2) is 53.4 Å². The maximum absolute atomic E-state index is 13.1. The van der Waals surface area contributed by atoms with E-state index in [2.05, 4.69) is 9.62 Å². The van der Waals surface area contributed by atoms with Crippen molar-refractivity contribution in [2.45, 2.75) is 24.0 Å². The maximum Gasteiger partial charge on any atom is 0.243 e. The minimum absolute atomic E-state index is 0.187. The smallest absolute Gasteiger partial charge is 0.243 e. The minimum atomic E-state index is -4.11. The number of hydrogen-bond donors (Lipinski definition) is 2. The first-order valence-electron chi connectivity index (χ1n) is 9.42. The molecule has 2 atom stereocenters. The Labute approximate surface area is 180 Å². The zero-order chi connectivity index (χ0) is 21.9. The number of piperazine rings is 1. The van der Waals surface area contributed by atoms with E-state index in [0.717, 1.165) is 30.0 Å². The summed E-state index contributed by atoms with van der Waals surface area (Å²) in [6.45, 7) is 3.17. The monoisotopic (exact) mass is 455 g/mol. The second kappa shape index (κ2) is 9.30. The van der Waals surface area contributed by atoms with Crippen LogP contribution in [0.3, 0.4) is 0 Å². The van der Waals surface area contributed by atoms with Gasteiger partial charge in [-0.15, -0.1) is 0 Å². The number of amides is 1. The summed E-state index contributed by atoms with van der Waals surface area (Å²) < 4.78 is 40.5. The van der Waals surface area contributed by atoms with Gasteiger partial charge < -0.3 is 14.9 Å². The third kappa shape index (κ3) is 5.28. The van der Waals surface area contributed by atoms with E-state index < -0.39 is 33.9 Å². The molecule has 7 nitrogen and oxygen atoms in total. The van der Waals surface area contributed by atoms with Crippen LogP contribution in [0.1, 0.15) is 6.92 Å². The molecule has 1 saturated heterocycles. The zero-order valence-electron chi connectivity index (χ0n) is 16.3. The number of nitrogens with one attached hydrogen (secondary N) is 1. The molecule has 2 aromatic carbocycles. The van der Waals surface area contributed by atoms with Gasteiger partial charge in [-0.2, -0.15) is 4.72 Å². The number of anilines is 1. The molecule has 1 amide bonds. The quantitative estimate of drug-likeness (QED) is 0.694. The lowest BCUT2D eigenvalue weighted by Gasteiger charge is -2.38. The molecule has 162 valence electrons. The molecule has 2 N–H and O–H groups in total. The van der Waals surface area contributed by atoms with Gasteiger partial charge in [0.1, 0.15) is 11.9 Å². The highest BCUT2D eigenvalue weighted by Gasteiger charge is 2.34. The minimum Gasteiger partial charge on any atom is -0.391 e. The molecule has 2 aromatic rings. The highest BCUT2D eigenvalue weighted by Crippen LogP contribution is 2.21. The van der Waals surface area contributed by atoms with Gasteiger partial charge in [-0.1, -0.05) is 17.7 Å². The zero-order valence-corrected chi connectivity index (χ0v) is 17.9. The molecule has 1 fully saturated rings. The van der Waals surface area contributed by atoms with Crippen LogP contribution in [0.4, 0.5) is 10.1 Å². The Balaban J connectivity index is 1.68. The van der Waals surface area contributed by atoms with Crippen LogP contribution in [0.2, 0.25) is 5.02 Å². The van der Waals surface area contributed by atoms with E-state index in [9.17, 15) is 22.7 Å². The van der Waals surface area contributed by atoms with Gasteiger partial charge in [-0.05, 0) is 49.4 Å². The molecule has 3 rings (SSSR count). The highest BCUT2D eigenvalue weighted by molar-refractivity contribution is 7.89. The van der Waals surface area contributed by atoms with E-state index in [4.69, 9.17) is 11.6 Å². The van der Waals surface area contributed by atoms with Crippen LogP contribution >= 0.6 is 11.6 Å². The number of hydrogen-bond acceptors (Lipinski definition) is 5. The van der Waals surface area contributed by atoms with Crippen molar-refractivity contribution >= 4 is 33.2 Å². The molecule has 1 aliphatic heterocycles. The predicted octanol–water partition coefficient (Wildman–Crippen LogP) is 1.86. The third-order valence-corrected chi connectivity index (χ3v) is 6.61. The van der Waals surface area contributed by atoms with Gasteiger partial charge in [0.05, 0.1) is 11.0 Å². The van der Waals surface area contributed by atoms with Gasteiger partial charge in [-0.3, -0.25) is 4.79 Å². The molecule has 1 aliphatic rings. The van der Waals surface area contributed by atoms with Gasteiger partial charge in [0.15, 0.2) is 0 Å². The summed E-state index contributed by atoms with van der Waals surface area (Å²) in [6, 6.07) is 10.3. The van der Waals surface area contributed by atoms with Crippen LogP contribution in [-0.2, 0) is 14.8 Å². The molecule has 0 saturated carbocycles. The normalized spacial score (nSPS) is 16.9. The summed E-state index contributed by atoms with van der Waals surface area (Å²) >= 11 is 6.04. The molecular weight excluding hydrogens is 433 g/mol. The van der Waals surface area contributed by atoms with E-state index in [-0.39, 0.29) is 4.90 Å². The molecule has 10 heteroatoms. The number of aliphatic hydroxyl groups excluding tert-OH is 1. The van der Waals surface area contributed by atoms with Crippen LogP contribution in [0.25, 0.3) is 0 Å². The second-order valence-electron chi connectivity index (χ2n) is 7.09. The molecule has 0 spiro atoms. The highest BCUT2D eigenvalue weighted by atomic mass is 35.5. The van der Waals surface area contributed by atoms with Crippen molar-refractivity contribution < 1.29 is 22.7 Å². The number of aliphatic hydroxyl groups is 1. The SMILES string of the molecule is C[C@@H](O)[C@@H](NS(=O)(=O)c1ccc(F)cc1)C(=O)N1CCN(c2cccc(Cl)c2)CC1. The van der Waals surface area contributed by atoms with E-state index in [1.807, 2.05) is 18.2 Å². The molecule has 0 bridgehead atoms. The standard InChI is InChI=1S/C20H23ClFN3O4S/c1-14(26)19(23-30(28,29)18-7-5-16(22)6-8-18)20(27)25-11-9-24(10-12-25)17-4-2-3-15(21)13-17/h2-8,13-14,19,23,26H,9-12H2,1H3/t14-,19-/m1/s1. The molecule has 0 radical (unpaired) electrons. The van der Waals surface area contributed by atoms with Gasteiger partial charge in [0.25, 0.3) is 0 Å². The average Bonchev–Trinajstić information content (AvgIpc) is 2.72. The Kier molecular flexibility index (Phi) is 6.97. The van der Waals surface area contributed by atoms with Gasteiger partial charge >= 0.3 is 0 Å². The van der Waals surface area contributed by atoms with Crippen molar-refractivity contribution in [2.75, 3.05) is 31.1 Å². The Morgan fingerprint density at radius 1 is 1.13 bits per heavy atom. The third-order valence-electron chi connectivity index (χ3n) is 4.92. The van der Waals surface area contributed by atoms with Gasteiger partial charge in [0, 0.05) is 36.9 Å². The first-order chi connectivity index (χ1) is 14.2.